The molecule has 252 valence electrons. The largest absolute Gasteiger partial charge is 0.497 e. The normalized spacial score (nSPS) is 11.2. The monoisotopic (exact) mass is 659 g/mol. The zero-order valence-electron chi connectivity index (χ0n) is 28.5. The first kappa shape index (κ1) is 34.4. The van der Waals surface area contributed by atoms with Crippen LogP contribution < -0.4 is 19.5 Å². The van der Waals surface area contributed by atoms with Gasteiger partial charge in [-0.3, -0.25) is 14.6 Å². The standard InChI is InChI=1S/C39H41N5O5/c1-27-35(18-19-37(45)41-22-20-30-11-9-10-21-40-30)39(44(42-27)31-12-7-6-8-13-31)49-32-16-14-29(15-17-32)36(38(46)43(2)3)25-28-23-33(47-4)26-34(24-28)48-5/h6-17,21,23-26H,18-20,22H2,1-5H3,(H,41,45). The van der Waals surface area contributed by atoms with E-state index in [9.17, 15) is 9.59 Å². The van der Waals surface area contributed by atoms with Crippen molar-refractivity contribution in [3.8, 4) is 28.8 Å². The van der Waals surface area contributed by atoms with Gasteiger partial charge in [0.05, 0.1) is 25.6 Å². The first-order valence-corrected chi connectivity index (χ1v) is 16.0. The molecule has 49 heavy (non-hydrogen) atoms. The summed E-state index contributed by atoms with van der Waals surface area (Å²) >= 11 is 0. The van der Waals surface area contributed by atoms with Crippen LogP contribution in [0.2, 0.25) is 0 Å². The number of para-hydroxylation sites is 1. The van der Waals surface area contributed by atoms with Crippen molar-refractivity contribution in [3.63, 3.8) is 0 Å². The van der Waals surface area contributed by atoms with E-state index in [0.717, 1.165) is 28.2 Å². The second-order valence-electron chi connectivity index (χ2n) is 11.6. The van der Waals surface area contributed by atoms with Crippen molar-refractivity contribution in [3.05, 3.63) is 125 Å². The number of rotatable bonds is 14. The van der Waals surface area contributed by atoms with E-state index in [1.807, 2.05) is 97.9 Å². The molecule has 2 amide bonds. The SMILES string of the molecule is COc1cc(C=C(C(=O)N(C)C)c2ccc(Oc3c(CCC(=O)NCCc4ccccn4)c(C)nn3-c3ccccc3)cc2)cc(OC)c1. The number of hydrogen-bond acceptors (Lipinski definition) is 7. The average Bonchev–Trinajstić information content (AvgIpc) is 3.44. The molecule has 0 aliphatic carbocycles. The maximum atomic E-state index is 13.4. The van der Waals surface area contributed by atoms with Gasteiger partial charge in [0.1, 0.15) is 17.2 Å². The van der Waals surface area contributed by atoms with Crippen LogP contribution in [0.1, 0.15) is 34.5 Å². The lowest BCUT2D eigenvalue weighted by Crippen LogP contribution is -2.26. The van der Waals surface area contributed by atoms with Crippen molar-refractivity contribution >= 4 is 23.5 Å². The molecular weight excluding hydrogens is 618 g/mol. The molecule has 0 atom stereocenters. The summed E-state index contributed by atoms with van der Waals surface area (Å²) in [4.78, 5) is 32.0. The van der Waals surface area contributed by atoms with E-state index in [0.29, 0.717) is 53.7 Å². The van der Waals surface area contributed by atoms with Crippen LogP contribution in [-0.4, -0.2) is 66.3 Å². The summed E-state index contributed by atoms with van der Waals surface area (Å²) < 4.78 is 19.1. The van der Waals surface area contributed by atoms with Gasteiger partial charge >= 0.3 is 0 Å². The third kappa shape index (κ3) is 8.92. The molecule has 2 heterocycles. The van der Waals surface area contributed by atoms with Gasteiger partial charge in [-0.15, -0.1) is 0 Å². The lowest BCUT2D eigenvalue weighted by Gasteiger charge is -2.16. The number of carbonyl (C=O) groups is 2. The van der Waals surface area contributed by atoms with Gasteiger partial charge in [-0.2, -0.15) is 5.10 Å². The van der Waals surface area contributed by atoms with Crippen LogP contribution in [0.15, 0.2) is 97.2 Å². The Balaban J connectivity index is 1.39. The van der Waals surface area contributed by atoms with Crippen molar-refractivity contribution in [2.75, 3.05) is 34.9 Å². The molecule has 2 aromatic heterocycles. The molecule has 0 bridgehead atoms. The minimum atomic E-state index is -0.158. The molecule has 5 rings (SSSR count). The van der Waals surface area contributed by atoms with Crippen LogP contribution in [0, 0.1) is 6.92 Å². The highest BCUT2D eigenvalue weighted by molar-refractivity contribution is 6.24. The second kappa shape index (κ2) is 16.3. The molecule has 10 heteroatoms. The van der Waals surface area contributed by atoms with E-state index >= 15 is 0 Å². The molecular formula is C39H41N5O5. The highest BCUT2D eigenvalue weighted by Gasteiger charge is 2.21. The summed E-state index contributed by atoms with van der Waals surface area (Å²) in [5, 5.41) is 7.79. The smallest absolute Gasteiger partial charge is 0.253 e. The number of ether oxygens (including phenoxy) is 3. The molecule has 0 aliphatic rings. The minimum Gasteiger partial charge on any atom is -0.497 e. The Morgan fingerprint density at radius 1 is 0.857 bits per heavy atom. The van der Waals surface area contributed by atoms with Crippen LogP contribution in [0.25, 0.3) is 17.3 Å². The fourth-order valence-electron chi connectivity index (χ4n) is 5.28. The lowest BCUT2D eigenvalue weighted by atomic mass is 10.0. The molecule has 0 unspecified atom stereocenters. The summed E-state index contributed by atoms with van der Waals surface area (Å²) in [7, 11) is 6.61. The second-order valence-corrected chi connectivity index (χ2v) is 11.6. The Labute approximate surface area is 287 Å². The highest BCUT2D eigenvalue weighted by atomic mass is 16.5. The Morgan fingerprint density at radius 3 is 2.18 bits per heavy atom. The first-order chi connectivity index (χ1) is 23.7. The topological polar surface area (TPSA) is 108 Å². The Bertz CT molecular complexity index is 1880. The number of pyridine rings is 1. The number of aromatic nitrogens is 3. The third-order valence-electron chi connectivity index (χ3n) is 7.87. The first-order valence-electron chi connectivity index (χ1n) is 16.0. The van der Waals surface area contributed by atoms with Crippen LogP contribution in [0.4, 0.5) is 0 Å². The number of likely N-dealkylation sites (N-methyl/N-ethyl adjacent to an activating group) is 1. The van der Waals surface area contributed by atoms with E-state index < -0.39 is 0 Å². The lowest BCUT2D eigenvalue weighted by molar-refractivity contribution is -0.122. The molecule has 3 aromatic carbocycles. The van der Waals surface area contributed by atoms with E-state index in [1.54, 1.807) is 45.3 Å². The summed E-state index contributed by atoms with van der Waals surface area (Å²) in [6.45, 7) is 2.42. The number of nitrogens with one attached hydrogen (secondary N) is 1. The number of benzene rings is 3. The molecule has 0 fully saturated rings. The van der Waals surface area contributed by atoms with Crippen LogP contribution in [0.3, 0.4) is 0 Å². The minimum absolute atomic E-state index is 0.0587. The van der Waals surface area contributed by atoms with Gasteiger partial charge in [0.25, 0.3) is 5.91 Å². The molecule has 0 saturated heterocycles. The Kier molecular flexibility index (Phi) is 11.4. The van der Waals surface area contributed by atoms with Crippen molar-refractivity contribution in [1.29, 1.82) is 0 Å². The number of nitrogens with zero attached hydrogens (tertiary/aromatic N) is 4. The van der Waals surface area contributed by atoms with E-state index in [2.05, 4.69) is 10.3 Å². The van der Waals surface area contributed by atoms with Crippen molar-refractivity contribution in [1.82, 2.24) is 25.0 Å². The molecule has 0 saturated carbocycles. The number of hydrogen-bond donors (Lipinski definition) is 1. The summed E-state index contributed by atoms with van der Waals surface area (Å²) in [5.74, 6) is 2.11. The van der Waals surface area contributed by atoms with Crippen LogP contribution in [0.5, 0.6) is 23.1 Å². The molecule has 5 aromatic rings. The van der Waals surface area contributed by atoms with Gasteiger partial charge in [0.2, 0.25) is 11.8 Å². The summed E-state index contributed by atoms with van der Waals surface area (Å²) in [5.41, 5.74) is 5.33. The van der Waals surface area contributed by atoms with E-state index in [4.69, 9.17) is 19.3 Å². The number of amides is 2. The van der Waals surface area contributed by atoms with Gasteiger partial charge in [-0.05, 0) is 79.1 Å². The predicted octanol–water partition coefficient (Wildman–Crippen LogP) is 6.31. The predicted molar refractivity (Wildman–Crippen MR) is 190 cm³/mol. The van der Waals surface area contributed by atoms with Gasteiger partial charge in [-0.1, -0.05) is 36.4 Å². The quantitative estimate of drug-likeness (QED) is 0.110. The number of carbonyl (C=O) groups excluding carboxylic acids is 2. The van der Waals surface area contributed by atoms with Crippen molar-refractivity contribution in [2.45, 2.75) is 26.2 Å². The van der Waals surface area contributed by atoms with E-state index in [-0.39, 0.29) is 18.2 Å². The van der Waals surface area contributed by atoms with Gasteiger partial charge in [-0.25, -0.2) is 4.68 Å². The maximum absolute atomic E-state index is 13.4. The van der Waals surface area contributed by atoms with E-state index in [1.165, 1.54) is 4.90 Å². The number of aryl methyl sites for hydroxylation is 1. The summed E-state index contributed by atoms with van der Waals surface area (Å²) in [6.07, 6.45) is 4.94. The molecule has 0 radical (unpaired) electrons. The highest BCUT2D eigenvalue weighted by Crippen LogP contribution is 2.33. The molecule has 0 spiro atoms. The summed E-state index contributed by atoms with van der Waals surface area (Å²) in [6, 6.07) is 28.3. The number of methoxy groups -OCH3 is 2. The zero-order chi connectivity index (χ0) is 34.8. The fourth-order valence-corrected chi connectivity index (χ4v) is 5.28. The fraction of sp³-hybridized carbons (Fsp3) is 0.231. The van der Waals surface area contributed by atoms with Gasteiger partial charge in [0, 0.05) is 62.6 Å². The van der Waals surface area contributed by atoms with Crippen LogP contribution >= 0.6 is 0 Å². The Morgan fingerprint density at radius 2 is 1.55 bits per heavy atom. The average molecular weight is 660 g/mol. The zero-order valence-corrected chi connectivity index (χ0v) is 28.5. The van der Waals surface area contributed by atoms with Gasteiger partial charge < -0.3 is 24.4 Å². The van der Waals surface area contributed by atoms with Crippen molar-refractivity contribution in [2.24, 2.45) is 0 Å². The van der Waals surface area contributed by atoms with Gasteiger partial charge in [0.15, 0.2) is 0 Å². The maximum Gasteiger partial charge on any atom is 0.253 e. The molecule has 1 N–H and O–H groups in total. The Hall–Kier alpha value is -5.90. The molecule has 10 nitrogen and oxygen atoms in total. The third-order valence-corrected chi connectivity index (χ3v) is 7.87. The molecule has 0 aliphatic heterocycles. The van der Waals surface area contributed by atoms with Crippen molar-refractivity contribution < 1.29 is 23.8 Å². The van der Waals surface area contributed by atoms with Crippen LogP contribution in [-0.2, 0) is 22.4 Å².